The molecule has 0 bridgehead atoms. The monoisotopic (exact) mass is 330 g/mol. The van der Waals surface area contributed by atoms with Crippen LogP contribution in [0.15, 0.2) is 18.3 Å². The Kier molecular flexibility index (Phi) is 3.25. The highest BCUT2D eigenvalue weighted by atomic mass is 19.1. The molecular weight excluding hydrogens is 311 g/mol. The van der Waals surface area contributed by atoms with Crippen LogP contribution in [0, 0.1) is 11.9 Å². The van der Waals surface area contributed by atoms with Crippen LogP contribution < -0.4 is 5.32 Å². The van der Waals surface area contributed by atoms with Crippen molar-refractivity contribution in [3.8, 4) is 5.69 Å². The Hall–Kier alpha value is -2.28. The number of aromatic nitrogens is 3. The van der Waals surface area contributed by atoms with E-state index in [1.165, 1.54) is 12.3 Å². The molecule has 0 unspecified atom stereocenters. The van der Waals surface area contributed by atoms with Gasteiger partial charge >= 0.3 is 0 Å². The first-order valence-electron chi connectivity index (χ1n) is 8.07. The number of nitrogens with one attached hydrogen (secondary N) is 1. The molecule has 2 aromatic rings. The number of hydrogen-bond donors (Lipinski definition) is 2. The van der Waals surface area contributed by atoms with Crippen LogP contribution >= 0.6 is 0 Å². The number of amides is 1. The minimum atomic E-state index is -0.716. The quantitative estimate of drug-likeness (QED) is 0.834. The highest BCUT2D eigenvalue weighted by molar-refractivity contribution is 5.95. The molecule has 0 aromatic carbocycles. The standard InChI is InChI=1S/C17H19FN4O2/c1-17(2,8-23)20-16(24)14-12-6-9-5-11(9)15(12)22(21-14)10-3-4-13(18)19-7-10/h3-4,7,9,11,23H,5-6,8H2,1-2H3,(H,20,24)/t9-,11-/m1/s1. The number of hydrogen-bond acceptors (Lipinski definition) is 4. The van der Waals surface area contributed by atoms with Crippen molar-refractivity contribution in [2.45, 2.75) is 38.1 Å². The highest BCUT2D eigenvalue weighted by Crippen LogP contribution is 2.57. The summed E-state index contributed by atoms with van der Waals surface area (Å²) >= 11 is 0. The molecule has 2 aliphatic carbocycles. The third kappa shape index (κ3) is 2.39. The van der Waals surface area contributed by atoms with Crippen LogP contribution in [-0.2, 0) is 6.42 Å². The van der Waals surface area contributed by atoms with Crippen molar-refractivity contribution in [1.29, 1.82) is 0 Å². The van der Waals surface area contributed by atoms with Gasteiger partial charge in [0.2, 0.25) is 5.95 Å². The second kappa shape index (κ2) is 5.11. The van der Waals surface area contributed by atoms with Gasteiger partial charge in [0.15, 0.2) is 5.69 Å². The van der Waals surface area contributed by atoms with Crippen molar-refractivity contribution >= 4 is 5.91 Å². The molecule has 2 atom stereocenters. The summed E-state index contributed by atoms with van der Waals surface area (Å²) in [6, 6.07) is 2.90. The lowest BCUT2D eigenvalue weighted by molar-refractivity contribution is 0.0863. The van der Waals surface area contributed by atoms with E-state index in [0.29, 0.717) is 23.2 Å². The van der Waals surface area contributed by atoms with E-state index in [9.17, 15) is 14.3 Å². The van der Waals surface area contributed by atoms with Gasteiger partial charge in [-0.2, -0.15) is 9.49 Å². The maximum atomic E-state index is 13.1. The summed E-state index contributed by atoms with van der Waals surface area (Å²) in [6.45, 7) is 3.35. The van der Waals surface area contributed by atoms with E-state index in [4.69, 9.17) is 0 Å². The summed E-state index contributed by atoms with van der Waals surface area (Å²) in [6.07, 6.45) is 3.38. The Balaban J connectivity index is 1.75. The number of carbonyl (C=O) groups excluding carboxylic acids is 1. The van der Waals surface area contributed by atoms with Gasteiger partial charge in [-0.3, -0.25) is 4.79 Å². The molecule has 0 saturated heterocycles. The first-order valence-corrected chi connectivity index (χ1v) is 8.07. The molecule has 2 aromatic heterocycles. The summed E-state index contributed by atoms with van der Waals surface area (Å²) in [5.41, 5.74) is 2.34. The molecule has 2 aliphatic rings. The largest absolute Gasteiger partial charge is 0.394 e. The van der Waals surface area contributed by atoms with E-state index in [0.717, 1.165) is 24.1 Å². The molecule has 2 heterocycles. The summed E-state index contributed by atoms with van der Waals surface area (Å²) in [4.78, 5) is 16.3. The first-order chi connectivity index (χ1) is 11.4. The van der Waals surface area contributed by atoms with Crippen molar-refractivity contribution in [3.63, 3.8) is 0 Å². The van der Waals surface area contributed by atoms with E-state index < -0.39 is 11.5 Å². The molecule has 1 saturated carbocycles. The SMILES string of the molecule is CC(C)(CO)NC(=O)c1nn(-c2ccc(F)nc2)c2c1C[C@H]1C[C@@H]21. The normalized spacial score (nSPS) is 21.3. The van der Waals surface area contributed by atoms with Crippen molar-refractivity contribution in [2.75, 3.05) is 6.61 Å². The fraction of sp³-hybridized carbons (Fsp3) is 0.471. The minimum Gasteiger partial charge on any atom is -0.394 e. The molecule has 0 spiro atoms. The van der Waals surface area contributed by atoms with E-state index in [2.05, 4.69) is 15.4 Å². The third-order valence-corrected chi connectivity index (χ3v) is 4.78. The number of pyridine rings is 1. The van der Waals surface area contributed by atoms with Crippen molar-refractivity contribution in [1.82, 2.24) is 20.1 Å². The van der Waals surface area contributed by atoms with Gasteiger partial charge in [0.05, 0.1) is 29.7 Å². The number of aliphatic hydroxyl groups excluding tert-OH is 1. The molecule has 6 nitrogen and oxygen atoms in total. The molecule has 0 aliphatic heterocycles. The molecular formula is C17H19FN4O2. The Morgan fingerprint density at radius 3 is 2.96 bits per heavy atom. The van der Waals surface area contributed by atoms with Crippen LogP contribution in [0.3, 0.4) is 0 Å². The Morgan fingerprint density at radius 2 is 2.29 bits per heavy atom. The van der Waals surface area contributed by atoms with Gasteiger partial charge in [-0.15, -0.1) is 0 Å². The fourth-order valence-corrected chi connectivity index (χ4v) is 3.39. The first kappa shape index (κ1) is 15.3. The zero-order valence-corrected chi connectivity index (χ0v) is 13.6. The third-order valence-electron chi connectivity index (χ3n) is 4.78. The molecule has 7 heteroatoms. The van der Waals surface area contributed by atoms with Gasteiger partial charge < -0.3 is 10.4 Å². The number of rotatable bonds is 4. The predicted octanol–water partition coefficient (Wildman–Crippen LogP) is 1.57. The molecule has 4 rings (SSSR count). The maximum Gasteiger partial charge on any atom is 0.272 e. The van der Waals surface area contributed by atoms with Crippen LogP contribution in [-0.4, -0.2) is 37.9 Å². The molecule has 126 valence electrons. The van der Waals surface area contributed by atoms with Gasteiger partial charge in [0.1, 0.15) is 0 Å². The van der Waals surface area contributed by atoms with Gasteiger partial charge in [-0.25, -0.2) is 9.67 Å². The van der Waals surface area contributed by atoms with Gasteiger partial charge in [0, 0.05) is 11.5 Å². The highest BCUT2D eigenvalue weighted by Gasteiger charge is 2.50. The topological polar surface area (TPSA) is 80.0 Å². The lowest BCUT2D eigenvalue weighted by Crippen LogP contribution is -2.46. The van der Waals surface area contributed by atoms with E-state index in [1.54, 1.807) is 24.6 Å². The van der Waals surface area contributed by atoms with Crippen LogP contribution in [0.2, 0.25) is 0 Å². The van der Waals surface area contributed by atoms with Crippen molar-refractivity contribution in [2.24, 2.45) is 5.92 Å². The summed E-state index contributed by atoms with van der Waals surface area (Å²) in [7, 11) is 0. The summed E-state index contributed by atoms with van der Waals surface area (Å²) in [5.74, 6) is 0.162. The van der Waals surface area contributed by atoms with Crippen molar-refractivity contribution in [3.05, 3.63) is 41.2 Å². The Morgan fingerprint density at radius 1 is 1.50 bits per heavy atom. The zero-order chi connectivity index (χ0) is 17.1. The van der Waals surface area contributed by atoms with Crippen LogP contribution in [0.5, 0.6) is 0 Å². The Bertz CT molecular complexity index is 813. The molecule has 1 fully saturated rings. The van der Waals surface area contributed by atoms with Crippen LogP contribution in [0.1, 0.15) is 47.9 Å². The van der Waals surface area contributed by atoms with Gasteiger partial charge in [-0.1, -0.05) is 0 Å². The molecule has 24 heavy (non-hydrogen) atoms. The van der Waals surface area contributed by atoms with Gasteiger partial charge in [-0.05, 0) is 44.7 Å². The second-order valence-corrected chi connectivity index (χ2v) is 7.27. The van der Waals surface area contributed by atoms with E-state index in [1.807, 2.05) is 0 Å². The van der Waals surface area contributed by atoms with Crippen LogP contribution in [0.4, 0.5) is 4.39 Å². The number of fused-ring (bicyclic) bond motifs is 3. The smallest absolute Gasteiger partial charge is 0.272 e. The second-order valence-electron chi connectivity index (χ2n) is 7.27. The molecule has 2 N–H and O–H groups in total. The van der Waals surface area contributed by atoms with E-state index in [-0.39, 0.29) is 12.5 Å². The maximum absolute atomic E-state index is 13.1. The Labute approximate surface area is 138 Å². The van der Waals surface area contributed by atoms with Gasteiger partial charge in [0.25, 0.3) is 5.91 Å². The average molecular weight is 330 g/mol. The fourth-order valence-electron chi connectivity index (χ4n) is 3.39. The van der Waals surface area contributed by atoms with Crippen molar-refractivity contribution < 1.29 is 14.3 Å². The number of halogens is 1. The number of carbonyl (C=O) groups is 1. The summed E-state index contributed by atoms with van der Waals surface area (Å²) in [5, 5.41) is 16.7. The lowest BCUT2D eigenvalue weighted by atomic mass is 10.1. The van der Waals surface area contributed by atoms with E-state index >= 15 is 0 Å². The summed E-state index contributed by atoms with van der Waals surface area (Å²) < 4.78 is 14.8. The predicted molar refractivity (Wildman–Crippen MR) is 84.5 cm³/mol. The number of nitrogens with zero attached hydrogens (tertiary/aromatic N) is 3. The zero-order valence-electron chi connectivity index (χ0n) is 13.6. The lowest BCUT2D eigenvalue weighted by Gasteiger charge is -2.23. The number of aliphatic hydroxyl groups is 1. The minimum absolute atomic E-state index is 0.158. The van der Waals surface area contributed by atoms with Crippen LogP contribution in [0.25, 0.3) is 5.69 Å². The average Bonchev–Trinajstić information content (AvgIpc) is 3.04. The molecule has 1 amide bonds. The molecule has 0 radical (unpaired) electrons.